The average molecular weight is 163 g/mol. The molecule has 0 bridgehead atoms. The van der Waals surface area contributed by atoms with Crippen molar-refractivity contribution in [2.24, 2.45) is 0 Å². The largest absolute Gasteiger partial charge is 0.398 e. The summed E-state index contributed by atoms with van der Waals surface area (Å²) in [5.41, 5.74) is 7.32. The fraction of sp³-hybridized carbons (Fsp3) is 0.300. The maximum Gasteiger partial charge on any atom is 0.137 e. The van der Waals surface area contributed by atoms with Gasteiger partial charge in [0.2, 0.25) is 0 Å². The van der Waals surface area contributed by atoms with Crippen LogP contribution in [0.2, 0.25) is 0 Å². The normalized spacial score (nSPS) is 12.5. The van der Waals surface area contributed by atoms with Crippen molar-refractivity contribution in [2.45, 2.75) is 19.8 Å². The summed E-state index contributed by atoms with van der Waals surface area (Å²) in [6.45, 7) is 3.45. The maximum absolute atomic E-state index is 11.0. The first-order valence-electron chi connectivity index (χ1n) is 3.97. The highest BCUT2D eigenvalue weighted by atomic mass is 16.1. The third-order valence-electron chi connectivity index (χ3n) is 2.07. The van der Waals surface area contributed by atoms with Gasteiger partial charge in [0.25, 0.3) is 0 Å². The zero-order valence-electron chi connectivity index (χ0n) is 7.37. The highest BCUT2D eigenvalue weighted by Crippen LogP contribution is 2.21. The van der Waals surface area contributed by atoms with E-state index in [1.165, 1.54) is 0 Å². The van der Waals surface area contributed by atoms with Gasteiger partial charge in [0, 0.05) is 11.6 Å². The molecular formula is C10H13NO. The van der Waals surface area contributed by atoms with Gasteiger partial charge in [-0.05, 0) is 18.6 Å². The number of rotatable bonds is 2. The van der Waals surface area contributed by atoms with Crippen LogP contribution < -0.4 is 5.73 Å². The topological polar surface area (TPSA) is 43.1 Å². The van der Waals surface area contributed by atoms with Gasteiger partial charge < -0.3 is 5.73 Å². The van der Waals surface area contributed by atoms with Crippen molar-refractivity contribution in [3.63, 3.8) is 0 Å². The zero-order chi connectivity index (χ0) is 9.14. The Kier molecular flexibility index (Phi) is 2.48. The highest BCUT2D eigenvalue weighted by Gasteiger charge is 2.11. The molecule has 2 N–H and O–H groups in total. The van der Waals surface area contributed by atoms with Crippen LogP contribution in [0.3, 0.4) is 0 Å². The molecule has 64 valence electrons. The predicted octanol–water partition coefficient (Wildman–Crippen LogP) is 1.96. The predicted molar refractivity (Wildman–Crippen MR) is 50.0 cm³/mol. The molecule has 0 aliphatic heterocycles. The van der Waals surface area contributed by atoms with Crippen LogP contribution in [0.4, 0.5) is 5.69 Å². The van der Waals surface area contributed by atoms with Gasteiger partial charge in [0.15, 0.2) is 0 Å². The molecule has 0 saturated carbocycles. The number of anilines is 1. The Morgan fingerprint density at radius 3 is 2.50 bits per heavy atom. The molecular weight excluding hydrogens is 150 g/mol. The van der Waals surface area contributed by atoms with Crippen molar-refractivity contribution in [1.82, 2.24) is 0 Å². The van der Waals surface area contributed by atoms with Crippen LogP contribution in [0, 0.1) is 0 Å². The van der Waals surface area contributed by atoms with Crippen LogP contribution in [0.1, 0.15) is 25.3 Å². The second kappa shape index (κ2) is 3.39. The monoisotopic (exact) mass is 163 g/mol. The third-order valence-corrected chi connectivity index (χ3v) is 2.07. The number of Topliss-reactive ketones (excluding diaryl/α,β-unsaturated/α-hetero) is 1. The number of nitrogens with two attached hydrogens (primary N) is 1. The van der Waals surface area contributed by atoms with Crippen LogP contribution >= 0.6 is 0 Å². The van der Waals surface area contributed by atoms with Gasteiger partial charge in [0.05, 0.1) is 0 Å². The minimum Gasteiger partial charge on any atom is -0.398 e. The van der Waals surface area contributed by atoms with E-state index in [4.69, 9.17) is 5.73 Å². The minimum atomic E-state index is -0.0915. The van der Waals surface area contributed by atoms with E-state index in [1.807, 2.05) is 31.2 Å². The molecule has 0 aromatic heterocycles. The maximum atomic E-state index is 11.0. The fourth-order valence-corrected chi connectivity index (χ4v) is 1.12. The van der Waals surface area contributed by atoms with E-state index in [9.17, 15) is 4.79 Å². The molecule has 0 radical (unpaired) electrons. The quantitative estimate of drug-likeness (QED) is 0.677. The third kappa shape index (κ3) is 1.64. The molecule has 0 amide bonds. The molecule has 0 heterocycles. The van der Waals surface area contributed by atoms with Crippen molar-refractivity contribution in [1.29, 1.82) is 0 Å². The average Bonchev–Trinajstić information content (AvgIpc) is 2.04. The summed E-state index contributed by atoms with van der Waals surface area (Å²) >= 11 is 0. The lowest BCUT2D eigenvalue weighted by Crippen LogP contribution is -2.06. The lowest BCUT2D eigenvalue weighted by molar-refractivity contribution is -0.118. The second-order valence-electron chi connectivity index (χ2n) is 2.96. The van der Waals surface area contributed by atoms with Crippen LogP contribution in [-0.4, -0.2) is 5.78 Å². The first-order chi connectivity index (χ1) is 5.63. The molecule has 0 spiro atoms. The molecule has 2 nitrogen and oxygen atoms in total. The summed E-state index contributed by atoms with van der Waals surface area (Å²) in [4.78, 5) is 11.0. The number of nitrogen functional groups attached to an aromatic ring is 1. The number of carbonyl (C=O) groups excluding carboxylic acids is 1. The van der Waals surface area contributed by atoms with Gasteiger partial charge in [-0.15, -0.1) is 0 Å². The van der Waals surface area contributed by atoms with E-state index in [2.05, 4.69) is 0 Å². The summed E-state index contributed by atoms with van der Waals surface area (Å²) in [6, 6.07) is 7.47. The van der Waals surface area contributed by atoms with Gasteiger partial charge >= 0.3 is 0 Å². The van der Waals surface area contributed by atoms with Crippen LogP contribution in [0.5, 0.6) is 0 Å². The van der Waals surface area contributed by atoms with E-state index < -0.39 is 0 Å². The number of benzene rings is 1. The molecule has 1 aromatic rings. The molecule has 1 unspecified atom stereocenters. The molecule has 0 aliphatic carbocycles. The molecule has 1 aromatic carbocycles. The van der Waals surface area contributed by atoms with Crippen molar-refractivity contribution in [3.8, 4) is 0 Å². The Morgan fingerprint density at radius 1 is 1.42 bits per heavy atom. The Labute approximate surface area is 72.4 Å². The smallest absolute Gasteiger partial charge is 0.137 e. The first-order valence-corrected chi connectivity index (χ1v) is 3.97. The minimum absolute atomic E-state index is 0.0915. The first kappa shape index (κ1) is 8.78. The van der Waals surface area contributed by atoms with Gasteiger partial charge in [-0.3, -0.25) is 4.79 Å². The van der Waals surface area contributed by atoms with Gasteiger partial charge in [-0.25, -0.2) is 0 Å². The lowest BCUT2D eigenvalue weighted by Gasteiger charge is -2.09. The van der Waals surface area contributed by atoms with E-state index in [0.717, 1.165) is 5.56 Å². The lowest BCUT2D eigenvalue weighted by atomic mass is 9.96. The van der Waals surface area contributed by atoms with Crippen molar-refractivity contribution in [3.05, 3.63) is 29.8 Å². The number of hydrogen-bond donors (Lipinski definition) is 1. The summed E-state index contributed by atoms with van der Waals surface area (Å²) in [5.74, 6) is 0.0547. The van der Waals surface area contributed by atoms with Crippen LogP contribution in [-0.2, 0) is 4.79 Å². The molecule has 0 saturated heterocycles. The molecule has 12 heavy (non-hydrogen) atoms. The van der Waals surface area contributed by atoms with E-state index in [0.29, 0.717) is 5.69 Å². The Morgan fingerprint density at radius 2 is 2.00 bits per heavy atom. The van der Waals surface area contributed by atoms with Crippen LogP contribution in [0.25, 0.3) is 0 Å². The Hall–Kier alpha value is -1.31. The van der Waals surface area contributed by atoms with Gasteiger partial charge in [0.1, 0.15) is 5.78 Å². The molecule has 1 rings (SSSR count). The second-order valence-corrected chi connectivity index (χ2v) is 2.96. The van der Waals surface area contributed by atoms with E-state index in [1.54, 1.807) is 6.92 Å². The number of hydrogen-bond acceptors (Lipinski definition) is 2. The summed E-state index contributed by atoms with van der Waals surface area (Å²) < 4.78 is 0. The highest BCUT2D eigenvalue weighted by molar-refractivity contribution is 5.84. The van der Waals surface area contributed by atoms with Gasteiger partial charge in [-0.2, -0.15) is 0 Å². The SMILES string of the molecule is CC(=O)C(C)c1ccccc1N. The molecule has 2 heteroatoms. The number of carbonyl (C=O) groups is 1. The van der Waals surface area contributed by atoms with Crippen molar-refractivity contribution >= 4 is 11.5 Å². The standard InChI is InChI=1S/C10H13NO/c1-7(8(2)12)9-5-3-4-6-10(9)11/h3-7H,11H2,1-2H3. The van der Waals surface area contributed by atoms with Crippen molar-refractivity contribution < 1.29 is 4.79 Å². The number of ketones is 1. The van der Waals surface area contributed by atoms with Gasteiger partial charge in [-0.1, -0.05) is 25.1 Å². The summed E-state index contributed by atoms with van der Waals surface area (Å²) in [6.07, 6.45) is 0. The summed E-state index contributed by atoms with van der Waals surface area (Å²) in [5, 5.41) is 0. The molecule has 1 atom stereocenters. The zero-order valence-corrected chi connectivity index (χ0v) is 7.37. The number of para-hydroxylation sites is 1. The molecule has 0 fully saturated rings. The fourth-order valence-electron chi connectivity index (χ4n) is 1.12. The Balaban J connectivity index is 3.02. The van der Waals surface area contributed by atoms with E-state index in [-0.39, 0.29) is 11.7 Å². The Bertz CT molecular complexity index is 294. The summed E-state index contributed by atoms with van der Waals surface area (Å²) in [7, 11) is 0. The van der Waals surface area contributed by atoms with Crippen LogP contribution in [0.15, 0.2) is 24.3 Å². The van der Waals surface area contributed by atoms with E-state index >= 15 is 0 Å². The molecule has 0 aliphatic rings. The van der Waals surface area contributed by atoms with Crippen molar-refractivity contribution in [2.75, 3.05) is 5.73 Å².